The third-order valence-corrected chi connectivity index (χ3v) is 2.64. The van der Waals surface area contributed by atoms with Crippen LogP contribution in [-0.4, -0.2) is 36.5 Å². The summed E-state index contributed by atoms with van der Waals surface area (Å²) in [6, 6.07) is 1.14. The van der Waals surface area contributed by atoms with Crippen molar-refractivity contribution < 1.29 is 9.15 Å². The Morgan fingerprint density at radius 2 is 2.29 bits per heavy atom. The van der Waals surface area contributed by atoms with E-state index in [1.165, 1.54) is 12.8 Å². The largest absolute Gasteiger partial charge is 0.407 e. The van der Waals surface area contributed by atoms with Crippen molar-refractivity contribution in [2.45, 2.75) is 32.4 Å². The van der Waals surface area contributed by atoms with E-state index in [0.717, 1.165) is 13.2 Å². The van der Waals surface area contributed by atoms with Gasteiger partial charge >= 0.3 is 6.01 Å². The fraction of sp³-hybridized carbons (Fsp3) is 0.818. The number of anilines is 1. The Labute approximate surface area is 101 Å². The number of ether oxygens (including phenoxy) is 1. The van der Waals surface area contributed by atoms with Gasteiger partial charge in [0.2, 0.25) is 5.89 Å². The van der Waals surface area contributed by atoms with Gasteiger partial charge in [0.05, 0.1) is 13.2 Å². The summed E-state index contributed by atoms with van der Waals surface area (Å²) in [4.78, 5) is 0. The van der Waals surface area contributed by atoms with Gasteiger partial charge in [0, 0.05) is 19.7 Å². The maximum atomic E-state index is 5.45. The topological polar surface area (TPSA) is 72.2 Å². The zero-order chi connectivity index (χ0) is 12.1. The Bertz CT molecular complexity index is 338. The Kier molecular flexibility index (Phi) is 4.33. The van der Waals surface area contributed by atoms with E-state index in [-0.39, 0.29) is 0 Å². The molecule has 1 unspecified atom stereocenters. The molecular formula is C11H20N4O2. The molecule has 2 N–H and O–H groups in total. The molecule has 96 valence electrons. The van der Waals surface area contributed by atoms with Crippen molar-refractivity contribution >= 4 is 6.01 Å². The van der Waals surface area contributed by atoms with Crippen LogP contribution in [0.4, 0.5) is 6.01 Å². The third kappa shape index (κ3) is 4.32. The monoisotopic (exact) mass is 240 g/mol. The minimum absolute atomic E-state index is 0.417. The van der Waals surface area contributed by atoms with Crippen LogP contribution in [0.15, 0.2) is 4.42 Å². The highest BCUT2D eigenvalue weighted by molar-refractivity contribution is 5.16. The van der Waals surface area contributed by atoms with E-state index in [0.29, 0.717) is 30.4 Å². The molecule has 1 aromatic rings. The SMILES string of the molecule is COCC(C)CNc1nnc(CNC2CC2)o1. The second kappa shape index (κ2) is 5.97. The van der Waals surface area contributed by atoms with E-state index in [9.17, 15) is 0 Å². The van der Waals surface area contributed by atoms with Gasteiger partial charge in [-0.2, -0.15) is 0 Å². The number of nitrogens with one attached hydrogen (secondary N) is 2. The third-order valence-electron chi connectivity index (χ3n) is 2.64. The van der Waals surface area contributed by atoms with E-state index >= 15 is 0 Å². The van der Waals surface area contributed by atoms with Crippen molar-refractivity contribution in [1.82, 2.24) is 15.5 Å². The van der Waals surface area contributed by atoms with E-state index < -0.39 is 0 Å². The molecule has 0 saturated heterocycles. The molecule has 1 aromatic heterocycles. The molecule has 0 amide bonds. The summed E-state index contributed by atoms with van der Waals surface area (Å²) in [5.74, 6) is 1.05. The van der Waals surface area contributed by atoms with Crippen LogP contribution in [0.2, 0.25) is 0 Å². The van der Waals surface area contributed by atoms with Crippen LogP contribution in [0.1, 0.15) is 25.7 Å². The molecule has 6 heteroatoms. The lowest BCUT2D eigenvalue weighted by Crippen LogP contribution is -2.16. The molecule has 6 nitrogen and oxygen atoms in total. The summed E-state index contributed by atoms with van der Waals surface area (Å²) < 4.78 is 10.5. The van der Waals surface area contributed by atoms with Gasteiger partial charge in [-0.25, -0.2) is 0 Å². The van der Waals surface area contributed by atoms with E-state index in [2.05, 4.69) is 27.8 Å². The predicted molar refractivity (Wildman–Crippen MR) is 63.7 cm³/mol. The number of hydrogen-bond acceptors (Lipinski definition) is 6. The van der Waals surface area contributed by atoms with Crippen molar-refractivity contribution in [2.24, 2.45) is 5.92 Å². The van der Waals surface area contributed by atoms with Crippen LogP contribution in [0.3, 0.4) is 0 Å². The zero-order valence-corrected chi connectivity index (χ0v) is 10.4. The number of methoxy groups -OCH3 is 1. The maximum absolute atomic E-state index is 5.45. The summed E-state index contributed by atoms with van der Waals surface area (Å²) in [6.45, 7) is 4.25. The molecule has 17 heavy (non-hydrogen) atoms. The number of hydrogen-bond donors (Lipinski definition) is 2. The summed E-state index contributed by atoms with van der Waals surface area (Å²) >= 11 is 0. The second-order valence-corrected chi connectivity index (χ2v) is 4.60. The predicted octanol–water partition coefficient (Wildman–Crippen LogP) is 1.02. The van der Waals surface area contributed by atoms with E-state index in [4.69, 9.17) is 9.15 Å². The van der Waals surface area contributed by atoms with Crippen LogP contribution < -0.4 is 10.6 Å². The molecule has 1 atom stereocenters. The molecule has 1 saturated carbocycles. The van der Waals surface area contributed by atoms with Crippen molar-refractivity contribution in [2.75, 3.05) is 25.6 Å². The Balaban J connectivity index is 1.69. The highest BCUT2D eigenvalue weighted by Gasteiger charge is 2.21. The summed E-state index contributed by atoms with van der Waals surface area (Å²) in [6.07, 6.45) is 2.52. The lowest BCUT2D eigenvalue weighted by molar-refractivity contribution is 0.164. The summed E-state index contributed by atoms with van der Waals surface area (Å²) in [5, 5.41) is 14.3. The van der Waals surface area contributed by atoms with Crippen LogP contribution in [0, 0.1) is 5.92 Å². The number of nitrogens with zero attached hydrogens (tertiary/aromatic N) is 2. The average molecular weight is 240 g/mol. The molecule has 0 bridgehead atoms. The normalized spacial score (nSPS) is 17.1. The van der Waals surface area contributed by atoms with E-state index in [1.807, 2.05) is 0 Å². The molecule has 1 fully saturated rings. The maximum Gasteiger partial charge on any atom is 0.315 e. The molecule has 0 aliphatic heterocycles. The van der Waals surface area contributed by atoms with Gasteiger partial charge in [0.15, 0.2) is 0 Å². The van der Waals surface area contributed by atoms with Crippen molar-refractivity contribution in [3.8, 4) is 0 Å². The first-order valence-corrected chi connectivity index (χ1v) is 6.06. The van der Waals surface area contributed by atoms with Gasteiger partial charge in [-0.05, 0) is 18.8 Å². The van der Waals surface area contributed by atoms with Gasteiger partial charge in [0.25, 0.3) is 0 Å². The molecule has 0 spiro atoms. The Morgan fingerprint density at radius 3 is 3.00 bits per heavy atom. The number of rotatable bonds is 8. The van der Waals surface area contributed by atoms with Crippen LogP contribution in [0.5, 0.6) is 0 Å². The smallest absolute Gasteiger partial charge is 0.315 e. The molecule has 1 heterocycles. The highest BCUT2D eigenvalue weighted by Crippen LogP contribution is 2.19. The highest BCUT2D eigenvalue weighted by atomic mass is 16.5. The van der Waals surface area contributed by atoms with Gasteiger partial charge < -0.3 is 19.8 Å². The standard InChI is InChI=1S/C11H20N4O2/c1-8(7-16-2)5-13-11-15-14-10(17-11)6-12-9-3-4-9/h8-9,12H,3-7H2,1-2H3,(H,13,15). The molecule has 0 radical (unpaired) electrons. The summed E-state index contributed by atoms with van der Waals surface area (Å²) in [5.41, 5.74) is 0. The second-order valence-electron chi connectivity index (χ2n) is 4.60. The lowest BCUT2D eigenvalue weighted by Gasteiger charge is -2.09. The first-order valence-electron chi connectivity index (χ1n) is 6.06. The van der Waals surface area contributed by atoms with Crippen molar-refractivity contribution in [1.29, 1.82) is 0 Å². The van der Waals surface area contributed by atoms with Crippen LogP contribution >= 0.6 is 0 Å². The van der Waals surface area contributed by atoms with E-state index in [1.54, 1.807) is 7.11 Å². The molecular weight excluding hydrogens is 220 g/mol. The molecule has 0 aromatic carbocycles. The fourth-order valence-electron chi connectivity index (χ4n) is 1.52. The van der Waals surface area contributed by atoms with Gasteiger partial charge in [-0.3, -0.25) is 0 Å². The fourth-order valence-corrected chi connectivity index (χ4v) is 1.52. The first kappa shape index (κ1) is 12.3. The summed E-state index contributed by atoms with van der Waals surface area (Å²) in [7, 11) is 1.70. The Morgan fingerprint density at radius 1 is 1.47 bits per heavy atom. The van der Waals surface area contributed by atoms with Gasteiger partial charge in [0.1, 0.15) is 0 Å². The van der Waals surface area contributed by atoms with Gasteiger partial charge in [-0.15, -0.1) is 5.10 Å². The quantitative estimate of drug-likeness (QED) is 0.706. The number of aromatic nitrogens is 2. The molecule has 1 aliphatic carbocycles. The minimum atomic E-state index is 0.417. The Hall–Kier alpha value is -1.14. The molecule has 2 rings (SSSR count). The van der Waals surface area contributed by atoms with Crippen molar-refractivity contribution in [3.05, 3.63) is 5.89 Å². The van der Waals surface area contributed by atoms with Gasteiger partial charge in [-0.1, -0.05) is 12.0 Å². The zero-order valence-electron chi connectivity index (χ0n) is 10.4. The lowest BCUT2D eigenvalue weighted by atomic mass is 10.2. The van der Waals surface area contributed by atoms with Crippen LogP contribution in [0.25, 0.3) is 0 Å². The molecule has 1 aliphatic rings. The van der Waals surface area contributed by atoms with Crippen LogP contribution in [-0.2, 0) is 11.3 Å². The first-order chi connectivity index (χ1) is 8.28. The minimum Gasteiger partial charge on any atom is -0.407 e. The van der Waals surface area contributed by atoms with Crippen molar-refractivity contribution in [3.63, 3.8) is 0 Å². The average Bonchev–Trinajstić information content (AvgIpc) is 3.03.